The summed E-state index contributed by atoms with van der Waals surface area (Å²) < 4.78 is 4.99. The lowest BCUT2D eigenvalue weighted by Gasteiger charge is -2.17. The normalized spacial score (nSPS) is 15.3. The molecule has 2 heterocycles. The van der Waals surface area contributed by atoms with Gasteiger partial charge in [0.15, 0.2) is 0 Å². The van der Waals surface area contributed by atoms with Gasteiger partial charge in [0.05, 0.1) is 0 Å². The van der Waals surface area contributed by atoms with Crippen LogP contribution in [0.4, 0.5) is 5.69 Å². The van der Waals surface area contributed by atoms with Crippen molar-refractivity contribution in [1.29, 1.82) is 0 Å². The maximum atomic E-state index is 5.64. The van der Waals surface area contributed by atoms with E-state index < -0.39 is 0 Å². The van der Waals surface area contributed by atoms with Crippen LogP contribution in [0.15, 0.2) is 28.8 Å². The van der Waals surface area contributed by atoms with E-state index in [1.165, 1.54) is 18.5 Å². The summed E-state index contributed by atoms with van der Waals surface area (Å²) in [7, 11) is 0. The summed E-state index contributed by atoms with van der Waals surface area (Å²) in [6.45, 7) is 2.30. The van der Waals surface area contributed by atoms with Crippen molar-refractivity contribution in [2.24, 2.45) is 0 Å². The van der Waals surface area contributed by atoms with Crippen LogP contribution < -0.4 is 4.90 Å². The SMILES string of the molecule is ClCc1nc(-c2ccc(N3CCCC3)cc2)no1. The Kier molecular flexibility index (Phi) is 3.19. The molecule has 0 amide bonds. The van der Waals surface area contributed by atoms with Gasteiger partial charge in [0.2, 0.25) is 11.7 Å². The van der Waals surface area contributed by atoms with Gasteiger partial charge < -0.3 is 9.42 Å². The van der Waals surface area contributed by atoms with Crippen LogP contribution in [0, 0.1) is 0 Å². The third-order valence-corrected chi connectivity index (χ3v) is 3.41. The number of benzene rings is 1. The van der Waals surface area contributed by atoms with Gasteiger partial charge >= 0.3 is 0 Å². The Morgan fingerprint density at radius 2 is 1.89 bits per heavy atom. The Morgan fingerprint density at radius 1 is 1.17 bits per heavy atom. The zero-order valence-corrected chi connectivity index (χ0v) is 10.7. The molecule has 0 N–H and O–H groups in total. The van der Waals surface area contributed by atoms with Crippen molar-refractivity contribution < 1.29 is 4.52 Å². The topological polar surface area (TPSA) is 42.2 Å². The number of hydrogen-bond acceptors (Lipinski definition) is 4. The first-order valence-corrected chi connectivity index (χ1v) is 6.64. The molecule has 2 aromatic rings. The fourth-order valence-corrected chi connectivity index (χ4v) is 2.33. The average Bonchev–Trinajstić information content (AvgIpc) is 3.10. The molecule has 4 nitrogen and oxygen atoms in total. The van der Waals surface area contributed by atoms with Gasteiger partial charge in [-0.15, -0.1) is 11.6 Å². The fraction of sp³-hybridized carbons (Fsp3) is 0.385. The van der Waals surface area contributed by atoms with Crippen LogP contribution in [0.2, 0.25) is 0 Å². The lowest BCUT2D eigenvalue weighted by Crippen LogP contribution is -2.17. The first-order valence-electron chi connectivity index (χ1n) is 6.11. The van der Waals surface area contributed by atoms with Gasteiger partial charge in [-0.25, -0.2) is 0 Å². The molecule has 0 radical (unpaired) electrons. The summed E-state index contributed by atoms with van der Waals surface area (Å²) in [6, 6.07) is 8.27. The first-order chi connectivity index (χ1) is 8.86. The van der Waals surface area contributed by atoms with E-state index in [-0.39, 0.29) is 5.88 Å². The van der Waals surface area contributed by atoms with Gasteiger partial charge in [-0.05, 0) is 37.1 Å². The van der Waals surface area contributed by atoms with Crippen LogP contribution >= 0.6 is 11.6 Å². The molecule has 0 saturated carbocycles. The number of anilines is 1. The molecule has 0 spiro atoms. The van der Waals surface area contributed by atoms with Crippen molar-refractivity contribution in [2.75, 3.05) is 18.0 Å². The Balaban J connectivity index is 1.81. The van der Waals surface area contributed by atoms with E-state index in [2.05, 4.69) is 27.2 Å². The summed E-state index contributed by atoms with van der Waals surface area (Å²) in [5.74, 6) is 1.30. The molecule has 0 bridgehead atoms. The number of rotatable bonds is 3. The molecular formula is C13H14ClN3O. The summed E-state index contributed by atoms with van der Waals surface area (Å²) in [5, 5.41) is 3.90. The van der Waals surface area contributed by atoms with Crippen molar-refractivity contribution in [2.45, 2.75) is 18.7 Å². The van der Waals surface area contributed by atoms with Crippen molar-refractivity contribution in [3.05, 3.63) is 30.2 Å². The molecule has 5 heteroatoms. The van der Waals surface area contributed by atoms with Crippen LogP contribution in [-0.4, -0.2) is 23.2 Å². The van der Waals surface area contributed by atoms with Gasteiger partial charge in [0.1, 0.15) is 5.88 Å². The van der Waals surface area contributed by atoms with Crippen LogP contribution in [0.5, 0.6) is 0 Å². The molecule has 1 fully saturated rings. The summed E-state index contributed by atoms with van der Waals surface area (Å²) in [4.78, 5) is 6.60. The Morgan fingerprint density at radius 3 is 2.50 bits per heavy atom. The zero-order chi connectivity index (χ0) is 12.4. The lowest BCUT2D eigenvalue weighted by atomic mass is 10.2. The minimum absolute atomic E-state index is 0.249. The molecule has 94 valence electrons. The Hall–Kier alpha value is -1.55. The predicted octanol–water partition coefficient (Wildman–Crippen LogP) is 3.08. The highest BCUT2D eigenvalue weighted by molar-refractivity contribution is 6.16. The van der Waals surface area contributed by atoms with E-state index in [0.29, 0.717) is 11.7 Å². The van der Waals surface area contributed by atoms with Gasteiger partial charge in [0.25, 0.3) is 0 Å². The number of halogens is 1. The van der Waals surface area contributed by atoms with E-state index in [1.54, 1.807) is 0 Å². The summed E-state index contributed by atoms with van der Waals surface area (Å²) in [6.07, 6.45) is 2.57. The van der Waals surface area contributed by atoms with Gasteiger partial charge in [-0.1, -0.05) is 5.16 Å². The Labute approximate surface area is 111 Å². The maximum Gasteiger partial charge on any atom is 0.241 e. The first kappa shape index (κ1) is 11.5. The number of hydrogen-bond donors (Lipinski definition) is 0. The van der Waals surface area contributed by atoms with Gasteiger partial charge in [-0.3, -0.25) is 0 Å². The quantitative estimate of drug-likeness (QED) is 0.798. The highest BCUT2D eigenvalue weighted by atomic mass is 35.5. The van der Waals surface area contributed by atoms with Crippen LogP contribution in [-0.2, 0) is 5.88 Å². The standard InChI is InChI=1S/C13H14ClN3O/c14-9-12-15-13(16-18-12)10-3-5-11(6-4-10)17-7-1-2-8-17/h3-6H,1-2,7-9H2. The number of aromatic nitrogens is 2. The lowest BCUT2D eigenvalue weighted by molar-refractivity contribution is 0.391. The smallest absolute Gasteiger partial charge is 0.241 e. The molecule has 3 rings (SSSR count). The molecule has 18 heavy (non-hydrogen) atoms. The molecule has 0 aliphatic carbocycles. The third kappa shape index (κ3) is 2.20. The van der Waals surface area contributed by atoms with Crippen molar-refractivity contribution in [3.63, 3.8) is 0 Å². The number of alkyl halides is 1. The van der Waals surface area contributed by atoms with E-state index in [0.717, 1.165) is 18.7 Å². The van der Waals surface area contributed by atoms with Crippen molar-refractivity contribution in [1.82, 2.24) is 10.1 Å². The number of nitrogens with zero attached hydrogens (tertiary/aromatic N) is 3. The minimum atomic E-state index is 0.249. The molecule has 1 aliphatic heterocycles. The van der Waals surface area contributed by atoms with Crippen LogP contribution in [0.25, 0.3) is 11.4 Å². The fourth-order valence-electron chi connectivity index (χ4n) is 2.22. The third-order valence-electron chi connectivity index (χ3n) is 3.18. The van der Waals surface area contributed by atoms with E-state index in [9.17, 15) is 0 Å². The second kappa shape index (κ2) is 4.98. The molecule has 0 atom stereocenters. The van der Waals surface area contributed by atoms with Crippen molar-refractivity contribution in [3.8, 4) is 11.4 Å². The molecule has 1 aromatic carbocycles. The highest BCUT2D eigenvalue weighted by Gasteiger charge is 2.13. The zero-order valence-electron chi connectivity index (χ0n) is 9.97. The van der Waals surface area contributed by atoms with Gasteiger partial charge in [0, 0.05) is 24.3 Å². The largest absolute Gasteiger partial charge is 0.372 e. The molecule has 1 aromatic heterocycles. The second-order valence-electron chi connectivity index (χ2n) is 4.39. The van der Waals surface area contributed by atoms with E-state index >= 15 is 0 Å². The summed E-state index contributed by atoms with van der Waals surface area (Å²) >= 11 is 5.64. The van der Waals surface area contributed by atoms with E-state index in [1.807, 2.05) is 12.1 Å². The molecule has 1 saturated heterocycles. The van der Waals surface area contributed by atoms with Crippen molar-refractivity contribution >= 4 is 17.3 Å². The van der Waals surface area contributed by atoms with Crippen LogP contribution in [0.1, 0.15) is 18.7 Å². The van der Waals surface area contributed by atoms with Crippen LogP contribution in [0.3, 0.4) is 0 Å². The monoisotopic (exact) mass is 263 g/mol. The summed E-state index contributed by atoms with van der Waals surface area (Å²) in [5.41, 5.74) is 2.22. The maximum absolute atomic E-state index is 5.64. The second-order valence-corrected chi connectivity index (χ2v) is 4.65. The van der Waals surface area contributed by atoms with Gasteiger partial charge in [-0.2, -0.15) is 4.98 Å². The average molecular weight is 264 g/mol. The highest BCUT2D eigenvalue weighted by Crippen LogP contribution is 2.24. The molecular weight excluding hydrogens is 250 g/mol. The predicted molar refractivity (Wildman–Crippen MR) is 70.7 cm³/mol. The minimum Gasteiger partial charge on any atom is -0.372 e. The Bertz CT molecular complexity index is 517. The molecule has 1 aliphatic rings. The molecule has 0 unspecified atom stereocenters. The van der Waals surface area contributed by atoms with E-state index in [4.69, 9.17) is 16.1 Å².